The van der Waals surface area contributed by atoms with E-state index in [4.69, 9.17) is 4.42 Å². The third kappa shape index (κ3) is 4.06. The molecule has 0 fully saturated rings. The van der Waals surface area contributed by atoms with E-state index in [0.29, 0.717) is 31.6 Å². The van der Waals surface area contributed by atoms with Crippen LogP contribution in [-0.2, 0) is 11.3 Å². The number of aryl methyl sites for hydroxylation is 1. The van der Waals surface area contributed by atoms with Crippen LogP contribution in [0.15, 0.2) is 47.2 Å². The molecule has 0 saturated carbocycles. The number of carbonyl (C=O) groups excluding carboxylic acids is 2. The summed E-state index contributed by atoms with van der Waals surface area (Å²) in [7, 11) is 3.46. The first-order chi connectivity index (χ1) is 14.0. The summed E-state index contributed by atoms with van der Waals surface area (Å²) in [5, 5.41) is 8.53. The highest BCUT2D eigenvalue weighted by molar-refractivity contribution is 5.98. The molecule has 8 heteroatoms. The molecule has 2 aromatic heterocycles. The van der Waals surface area contributed by atoms with Gasteiger partial charge in [0.25, 0.3) is 5.91 Å². The lowest BCUT2D eigenvalue weighted by molar-refractivity contribution is -0.131. The van der Waals surface area contributed by atoms with Gasteiger partial charge in [0.05, 0.1) is 12.7 Å². The summed E-state index contributed by atoms with van der Waals surface area (Å²) in [6.07, 6.45) is 6.63. The van der Waals surface area contributed by atoms with Crippen molar-refractivity contribution in [1.82, 2.24) is 24.8 Å². The van der Waals surface area contributed by atoms with Gasteiger partial charge in [-0.2, -0.15) is 0 Å². The minimum absolute atomic E-state index is 0.0457. The van der Waals surface area contributed by atoms with E-state index in [2.05, 4.69) is 16.4 Å². The second kappa shape index (κ2) is 7.90. The number of hydrogen-bond acceptors (Lipinski definition) is 5. The summed E-state index contributed by atoms with van der Waals surface area (Å²) < 4.78 is 7.65. The summed E-state index contributed by atoms with van der Waals surface area (Å²) in [5.41, 5.74) is 2.34. The monoisotopic (exact) mass is 393 g/mol. The van der Waals surface area contributed by atoms with Crippen LogP contribution in [0.4, 0.5) is 0 Å². The Morgan fingerprint density at radius 3 is 2.86 bits per heavy atom. The number of nitrogens with zero attached hydrogens (tertiary/aromatic N) is 5. The summed E-state index contributed by atoms with van der Waals surface area (Å²) in [4.78, 5) is 28.2. The Bertz CT molecular complexity index is 1070. The molecule has 150 valence electrons. The van der Waals surface area contributed by atoms with Gasteiger partial charge in [-0.15, -0.1) is 5.10 Å². The van der Waals surface area contributed by atoms with Crippen LogP contribution in [0.1, 0.15) is 29.0 Å². The van der Waals surface area contributed by atoms with Crippen molar-refractivity contribution in [3.8, 4) is 0 Å². The molecule has 1 aromatic carbocycles. The van der Waals surface area contributed by atoms with Crippen LogP contribution in [-0.4, -0.2) is 63.8 Å². The Morgan fingerprint density at radius 1 is 1.24 bits per heavy atom. The van der Waals surface area contributed by atoms with Crippen LogP contribution in [0, 0.1) is 0 Å². The van der Waals surface area contributed by atoms with Crippen LogP contribution >= 0.6 is 0 Å². The summed E-state index contributed by atoms with van der Waals surface area (Å²) in [6, 6.07) is 7.37. The fourth-order valence-corrected chi connectivity index (χ4v) is 3.45. The Balaban J connectivity index is 1.47. The van der Waals surface area contributed by atoms with E-state index in [0.717, 1.165) is 28.7 Å². The third-order valence-electron chi connectivity index (χ3n) is 5.02. The van der Waals surface area contributed by atoms with Gasteiger partial charge in [-0.1, -0.05) is 11.3 Å². The number of rotatable bonds is 5. The lowest BCUT2D eigenvalue weighted by atomic mass is 10.1. The first kappa shape index (κ1) is 18.9. The predicted octanol–water partition coefficient (Wildman–Crippen LogP) is 2.43. The smallest absolute Gasteiger partial charge is 0.253 e. The molecular weight excluding hydrogens is 370 g/mol. The quantitative estimate of drug-likeness (QED) is 0.665. The van der Waals surface area contributed by atoms with Crippen molar-refractivity contribution in [1.29, 1.82) is 0 Å². The number of fused-ring (bicyclic) bond motifs is 1. The second-order valence-corrected chi connectivity index (χ2v) is 7.31. The standard InChI is InChI=1S/C21H23N5O3/c1-24(2)21(28)15-5-6-18-17(12-15)13-19(29-18)16-4-3-9-25(14-16)20(27)7-10-26-11-8-22-23-26/h4-6,8,11-13H,3,7,9-10,14H2,1-2H3. The maximum atomic E-state index is 12.6. The second-order valence-electron chi connectivity index (χ2n) is 7.31. The van der Waals surface area contributed by atoms with Crippen molar-refractivity contribution in [2.24, 2.45) is 0 Å². The van der Waals surface area contributed by atoms with Crippen LogP contribution in [0.25, 0.3) is 16.5 Å². The molecule has 8 nitrogen and oxygen atoms in total. The van der Waals surface area contributed by atoms with Crippen molar-refractivity contribution >= 4 is 28.4 Å². The Morgan fingerprint density at radius 2 is 2.10 bits per heavy atom. The minimum atomic E-state index is -0.0457. The molecule has 4 rings (SSSR count). The molecule has 29 heavy (non-hydrogen) atoms. The van der Waals surface area contributed by atoms with Gasteiger partial charge >= 0.3 is 0 Å². The highest BCUT2D eigenvalue weighted by atomic mass is 16.3. The fourth-order valence-electron chi connectivity index (χ4n) is 3.45. The van der Waals surface area contributed by atoms with Crippen molar-refractivity contribution in [3.63, 3.8) is 0 Å². The predicted molar refractivity (Wildman–Crippen MR) is 108 cm³/mol. The molecule has 2 amide bonds. The average molecular weight is 393 g/mol. The summed E-state index contributed by atoms with van der Waals surface area (Å²) in [5.74, 6) is 0.778. The van der Waals surface area contributed by atoms with E-state index >= 15 is 0 Å². The summed E-state index contributed by atoms with van der Waals surface area (Å²) >= 11 is 0. The number of furan rings is 1. The van der Waals surface area contributed by atoms with Crippen molar-refractivity contribution in [2.45, 2.75) is 19.4 Å². The van der Waals surface area contributed by atoms with Crippen LogP contribution < -0.4 is 0 Å². The number of carbonyl (C=O) groups is 2. The van der Waals surface area contributed by atoms with E-state index in [1.807, 2.05) is 23.1 Å². The zero-order valence-corrected chi connectivity index (χ0v) is 16.5. The molecule has 0 aliphatic carbocycles. The molecule has 0 atom stereocenters. The molecule has 1 aliphatic heterocycles. The van der Waals surface area contributed by atoms with Gasteiger partial charge in [-0.05, 0) is 30.7 Å². The maximum absolute atomic E-state index is 12.6. The van der Waals surface area contributed by atoms with Gasteiger partial charge in [0.2, 0.25) is 5.91 Å². The zero-order valence-electron chi connectivity index (χ0n) is 16.5. The molecule has 3 aromatic rings. The molecule has 0 bridgehead atoms. The fraction of sp³-hybridized carbons (Fsp3) is 0.333. The highest BCUT2D eigenvalue weighted by Gasteiger charge is 2.21. The van der Waals surface area contributed by atoms with Gasteiger partial charge in [0.15, 0.2) is 0 Å². The topological polar surface area (TPSA) is 84.5 Å². The average Bonchev–Trinajstić information content (AvgIpc) is 3.40. The largest absolute Gasteiger partial charge is 0.456 e. The van der Waals surface area contributed by atoms with Gasteiger partial charge in [-0.3, -0.25) is 14.3 Å². The molecule has 3 heterocycles. The van der Waals surface area contributed by atoms with Crippen molar-refractivity contribution in [3.05, 3.63) is 54.1 Å². The van der Waals surface area contributed by atoms with Crippen molar-refractivity contribution in [2.75, 3.05) is 27.2 Å². The normalized spacial score (nSPS) is 14.1. The third-order valence-corrected chi connectivity index (χ3v) is 5.02. The van der Waals surface area contributed by atoms with E-state index in [-0.39, 0.29) is 11.8 Å². The first-order valence-electron chi connectivity index (χ1n) is 9.58. The van der Waals surface area contributed by atoms with Crippen LogP contribution in [0.3, 0.4) is 0 Å². The van der Waals surface area contributed by atoms with Crippen LogP contribution in [0.2, 0.25) is 0 Å². The Kier molecular flexibility index (Phi) is 5.16. The van der Waals surface area contributed by atoms with Crippen molar-refractivity contribution < 1.29 is 14.0 Å². The van der Waals surface area contributed by atoms with E-state index in [1.165, 1.54) is 0 Å². The number of aromatic nitrogens is 3. The minimum Gasteiger partial charge on any atom is -0.456 e. The highest BCUT2D eigenvalue weighted by Crippen LogP contribution is 2.28. The molecule has 0 N–H and O–H groups in total. The first-order valence-corrected chi connectivity index (χ1v) is 9.58. The number of amides is 2. The number of benzene rings is 1. The molecule has 0 spiro atoms. The lowest BCUT2D eigenvalue weighted by Gasteiger charge is -2.26. The lowest BCUT2D eigenvalue weighted by Crippen LogP contribution is -2.35. The van der Waals surface area contributed by atoms with Gasteiger partial charge in [0, 0.05) is 56.3 Å². The SMILES string of the molecule is CN(C)C(=O)c1ccc2oc(C3=CCCN(C(=O)CCn4ccnn4)C3)cc2c1. The molecular formula is C21H23N5O3. The number of hydrogen-bond donors (Lipinski definition) is 0. The Labute approximate surface area is 168 Å². The van der Waals surface area contributed by atoms with Gasteiger partial charge in [0.1, 0.15) is 11.3 Å². The van der Waals surface area contributed by atoms with E-state index < -0.39 is 0 Å². The molecule has 0 unspecified atom stereocenters. The van der Waals surface area contributed by atoms with Gasteiger partial charge < -0.3 is 14.2 Å². The maximum Gasteiger partial charge on any atom is 0.253 e. The molecule has 0 radical (unpaired) electrons. The van der Waals surface area contributed by atoms with E-state index in [9.17, 15) is 9.59 Å². The van der Waals surface area contributed by atoms with Gasteiger partial charge in [-0.25, -0.2) is 0 Å². The van der Waals surface area contributed by atoms with Crippen LogP contribution in [0.5, 0.6) is 0 Å². The van der Waals surface area contributed by atoms with E-state index in [1.54, 1.807) is 42.1 Å². The molecule has 1 aliphatic rings. The molecule has 0 saturated heterocycles. The Hall–Kier alpha value is -3.42. The summed E-state index contributed by atoms with van der Waals surface area (Å²) in [6.45, 7) is 1.72. The zero-order chi connectivity index (χ0) is 20.4.